The zero-order valence-electron chi connectivity index (χ0n) is 3.55. The molecule has 1 nitrogen and oxygen atoms in total. The van der Waals surface area contributed by atoms with Crippen LogP contribution in [0, 0.1) is 12.3 Å². The highest BCUT2D eigenvalue weighted by Crippen LogP contribution is 1.83. The average molecular weight is 132 g/mol. The van der Waals surface area contributed by atoms with Gasteiger partial charge in [-0.1, -0.05) is 18.5 Å². The summed E-state index contributed by atoms with van der Waals surface area (Å²) in [4.78, 5) is 0. The Morgan fingerprint density at radius 3 is 2.71 bits per heavy atom. The molecular weight excluding hydrogens is 128 g/mol. The molecule has 7 heavy (non-hydrogen) atoms. The van der Waals surface area contributed by atoms with Crippen LogP contribution < -0.4 is 0 Å². The third-order valence-electron chi connectivity index (χ3n) is 0.279. The second-order valence-electron chi connectivity index (χ2n) is 0.759. The highest BCUT2D eigenvalue weighted by atomic mass is 32.1. The number of hydrogen-bond donors (Lipinski definition) is 1. The molecule has 0 aliphatic heterocycles. The van der Waals surface area contributed by atoms with E-state index in [2.05, 4.69) is 35.5 Å². The van der Waals surface area contributed by atoms with E-state index in [-0.39, 0.29) is 11.0 Å². The summed E-state index contributed by atoms with van der Waals surface area (Å²) >= 11 is 8.05. The first kappa shape index (κ1) is 6.80. The number of ether oxygens (including phenoxy) is 1. The predicted molar refractivity (Wildman–Crippen MR) is 36.4 cm³/mol. The molecule has 0 saturated heterocycles. The van der Waals surface area contributed by atoms with Gasteiger partial charge in [-0.15, -0.1) is 6.42 Å². The van der Waals surface area contributed by atoms with Gasteiger partial charge in [0.2, 0.25) is 4.38 Å². The van der Waals surface area contributed by atoms with Crippen molar-refractivity contribution in [2.75, 3.05) is 6.61 Å². The number of terminal acetylenes is 1. The lowest BCUT2D eigenvalue weighted by Gasteiger charge is -1.91. The first-order valence-electron chi connectivity index (χ1n) is 1.56. The van der Waals surface area contributed by atoms with E-state index in [0.717, 1.165) is 0 Å². The van der Waals surface area contributed by atoms with Crippen LogP contribution in [-0.2, 0) is 4.74 Å². The molecule has 0 spiro atoms. The Balaban J connectivity index is 3.02. The summed E-state index contributed by atoms with van der Waals surface area (Å²) in [6.07, 6.45) is 4.81. The van der Waals surface area contributed by atoms with Crippen LogP contribution in [0.5, 0.6) is 0 Å². The molecule has 38 valence electrons. The summed E-state index contributed by atoms with van der Waals surface area (Å²) in [5.41, 5.74) is 0. The van der Waals surface area contributed by atoms with Crippen molar-refractivity contribution in [3.63, 3.8) is 0 Å². The lowest BCUT2D eigenvalue weighted by atomic mass is 10.8. The van der Waals surface area contributed by atoms with E-state index < -0.39 is 0 Å². The molecule has 0 aromatic rings. The fraction of sp³-hybridized carbons (Fsp3) is 0.250. The Morgan fingerprint density at radius 1 is 2.00 bits per heavy atom. The van der Waals surface area contributed by atoms with Crippen molar-refractivity contribution >= 4 is 29.2 Å². The third-order valence-corrected chi connectivity index (χ3v) is 0.526. The quantitative estimate of drug-likeness (QED) is 0.322. The van der Waals surface area contributed by atoms with Gasteiger partial charge in [-0.05, 0) is 12.2 Å². The highest BCUT2D eigenvalue weighted by molar-refractivity contribution is 8.10. The molecule has 0 saturated carbocycles. The summed E-state index contributed by atoms with van der Waals surface area (Å²) in [7, 11) is 0. The predicted octanol–water partition coefficient (Wildman–Crippen LogP) is 0.851. The van der Waals surface area contributed by atoms with Gasteiger partial charge in [-0.25, -0.2) is 0 Å². The van der Waals surface area contributed by atoms with Crippen molar-refractivity contribution in [1.82, 2.24) is 0 Å². The molecule has 0 unspecified atom stereocenters. The lowest BCUT2D eigenvalue weighted by molar-refractivity contribution is 0.379. The molecule has 0 atom stereocenters. The monoisotopic (exact) mass is 132 g/mol. The Morgan fingerprint density at radius 2 is 2.57 bits per heavy atom. The topological polar surface area (TPSA) is 9.23 Å². The first-order chi connectivity index (χ1) is 3.27. The van der Waals surface area contributed by atoms with E-state index >= 15 is 0 Å². The van der Waals surface area contributed by atoms with Crippen molar-refractivity contribution in [3.8, 4) is 12.3 Å². The minimum atomic E-state index is 0.193. The van der Waals surface area contributed by atoms with Crippen LogP contribution in [0.1, 0.15) is 0 Å². The average Bonchev–Trinajstić information content (AvgIpc) is 1.61. The van der Waals surface area contributed by atoms with Gasteiger partial charge in [-0.3, -0.25) is 0 Å². The third kappa shape index (κ3) is 5.80. The normalized spacial score (nSPS) is 6.86. The second-order valence-corrected chi connectivity index (χ2v) is 1.84. The molecular formula is C4H4OS2. The van der Waals surface area contributed by atoms with E-state index in [1.54, 1.807) is 0 Å². The molecule has 0 aliphatic rings. The summed E-state index contributed by atoms with van der Waals surface area (Å²) < 4.78 is 4.74. The molecule has 0 radical (unpaired) electrons. The van der Waals surface area contributed by atoms with Gasteiger partial charge in [0.1, 0.15) is 6.61 Å². The molecule has 0 heterocycles. The number of hydrogen-bond acceptors (Lipinski definition) is 2. The van der Waals surface area contributed by atoms with E-state index in [9.17, 15) is 0 Å². The number of thiol groups is 1. The molecule has 0 N–H and O–H groups in total. The standard InChI is InChI=1S/C4H4OS2/c1-2-3-5-4(6)7/h1H,3H2,(H,6,7). The maximum Gasteiger partial charge on any atom is 0.217 e. The van der Waals surface area contributed by atoms with Crippen molar-refractivity contribution in [2.45, 2.75) is 0 Å². The van der Waals surface area contributed by atoms with E-state index in [4.69, 9.17) is 6.42 Å². The summed E-state index contributed by atoms with van der Waals surface area (Å²) in [6, 6.07) is 0. The molecule has 0 amide bonds. The Bertz CT molecular complexity index is 103. The molecule has 0 aliphatic carbocycles. The fourth-order valence-corrected chi connectivity index (χ4v) is 0.227. The number of thiocarbonyl (C=S) groups is 1. The zero-order chi connectivity index (χ0) is 5.70. The summed E-state index contributed by atoms with van der Waals surface area (Å²) in [5, 5.41) is 0. The van der Waals surface area contributed by atoms with Crippen LogP contribution in [0.25, 0.3) is 0 Å². The number of rotatable bonds is 1. The van der Waals surface area contributed by atoms with Gasteiger partial charge in [0.05, 0.1) is 0 Å². The second kappa shape index (κ2) is 3.97. The fourth-order valence-electron chi connectivity index (χ4n) is 0.103. The highest BCUT2D eigenvalue weighted by Gasteiger charge is 1.79. The van der Waals surface area contributed by atoms with Crippen molar-refractivity contribution in [1.29, 1.82) is 0 Å². The Hall–Kier alpha value is -0.200. The van der Waals surface area contributed by atoms with Gasteiger partial charge in [0.25, 0.3) is 0 Å². The Kier molecular flexibility index (Phi) is 3.86. The summed E-state index contributed by atoms with van der Waals surface area (Å²) in [6.45, 7) is 0.211. The van der Waals surface area contributed by atoms with E-state index in [1.807, 2.05) is 0 Å². The van der Waals surface area contributed by atoms with Gasteiger partial charge in [0, 0.05) is 0 Å². The maximum absolute atomic E-state index is 4.81. The lowest BCUT2D eigenvalue weighted by Crippen LogP contribution is -1.91. The van der Waals surface area contributed by atoms with Crippen LogP contribution in [0.3, 0.4) is 0 Å². The van der Waals surface area contributed by atoms with Crippen molar-refractivity contribution in [3.05, 3.63) is 0 Å². The van der Waals surface area contributed by atoms with E-state index in [1.165, 1.54) is 0 Å². The van der Waals surface area contributed by atoms with Crippen LogP contribution in [0.4, 0.5) is 0 Å². The van der Waals surface area contributed by atoms with E-state index in [0.29, 0.717) is 0 Å². The Labute approximate surface area is 53.5 Å². The minimum absolute atomic E-state index is 0.193. The largest absolute Gasteiger partial charge is 0.466 e. The molecule has 0 fully saturated rings. The molecule has 3 heteroatoms. The van der Waals surface area contributed by atoms with Crippen molar-refractivity contribution < 1.29 is 4.74 Å². The van der Waals surface area contributed by atoms with Crippen molar-refractivity contribution in [2.24, 2.45) is 0 Å². The summed E-state index contributed by atoms with van der Waals surface area (Å²) in [5.74, 6) is 2.24. The first-order valence-corrected chi connectivity index (χ1v) is 2.42. The molecule has 0 aromatic carbocycles. The van der Waals surface area contributed by atoms with Crippen LogP contribution in [0.15, 0.2) is 0 Å². The van der Waals surface area contributed by atoms with Crippen LogP contribution >= 0.6 is 24.8 Å². The van der Waals surface area contributed by atoms with Gasteiger partial charge in [-0.2, -0.15) is 0 Å². The SMILES string of the molecule is C#CCOC(=S)S. The van der Waals surface area contributed by atoms with Gasteiger partial charge in [0.15, 0.2) is 0 Å². The smallest absolute Gasteiger partial charge is 0.217 e. The van der Waals surface area contributed by atoms with Gasteiger partial charge >= 0.3 is 0 Å². The van der Waals surface area contributed by atoms with Crippen LogP contribution in [-0.4, -0.2) is 11.0 Å². The van der Waals surface area contributed by atoms with Crippen LogP contribution in [0.2, 0.25) is 0 Å². The molecule has 0 aromatic heterocycles. The zero-order valence-corrected chi connectivity index (χ0v) is 5.26. The molecule has 0 rings (SSSR count). The molecule has 0 bridgehead atoms. The maximum atomic E-state index is 4.81. The minimum Gasteiger partial charge on any atom is -0.466 e. The van der Waals surface area contributed by atoms with Gasteiger partial charge < -0.3 is 4.74 Å².